The van der Waals surface area contributed by atoms with Gasteiger partial charge in [-0.2, -0.15) is 0 Å². The van der Waals surface area contributed by atoms with Gasteiger partial charge in [0.1, 0.15) is 19.3 Å². The van der Waals surface area contributed by atoms with Crippen molar-refractivity contribution in [3.63, 3.8) is 0 Å². The minimum absolute atomic E-state index is 0.0852. The van der Waals surface area contributed by atoms with Crippen molar-refractivity contribution in [2.24, 2.45) is 17.8 Å². The molecule has 5 atom stereocenters. The van der Waals surface area contributed by atoms with Crippen molar-refractivity contribution in [1.29, 1.82) is 0 Å². The SMILES string of the molecule is CCCCCC/C=C\C=C/CCCCCCCC(=O)O[C@H](COC(=O)CCCCCCCCCCCCCCCCCCCCC(C)C)COP(=O)(O)OCC(O)COP(=O)(O)OC[C@@H](COC(=O)CCCCCCCCCC(C)C)OC(=O)CCCCCCCCCCCCC(C)C. The molecule has 0 saturated carbocycles. The van der Waals surface area contributed by atoms with Gasteiger partial charge in [0.15, 0.2) is 12.2 Å². The van der Waals surface area contributed by atoms with Gasteiger partial charge in [0.05, 0.1) is 26.4 Å². The molecule has 0 rings (SSSR count). The quantitative estimate of drug-likeness (QED) is 0.0169. The smallest absolute Gasteiger partial charge is 0.462 e. The molecule has 0 aliphatic carbocycles. The fraction of sp³-hybridized carbons (Fsp3) is 0.900. The highest BCUT2D eigenvalue weighted by Gasteiger charge is 2.30. The van der Waals surface area contributed by atoms with Crippen molar-refractivity contribution in [1.82, 2.24) is 0 Å². The summed E-state index contributed by atoms with van der Waals surface area (Å²) in [5.74, 6) is 0.130. The fourth-order valence-electron chi connectivity index (χ4n) is 11.8. The number of aliphatic hydroxyl groups is 1. The van der Waals surface area contributed by atoms with Crippen molar-refractivity contribution in [2.75, 3.05) is 39.6 Å². The summed E-state index contributed by atoms with van der Waals surface area (Å²) in [6, 6.07) is 0. The molecule has 0 aliphatic rings. The summed E-state index contributed by atoms with van der Waals surface area (Å²) in [6.07, 6.45) is 60.7. The van der Waals surface area contributed by atoms with Crippen LogP contribution < -0.4 is 0 Å². The molecule has 19 heteroatoms. The van der Waals surface area contributed by atoms with Crippen LogP contribution in [-0.2, 0) is 65.4 Å². The van der Waals surface area contributed by atoms with Gasteiger partial charge >= 0.3 is 39.5 Å². The van der Waals surface area contributed by atoms with Gasteiger partial charge in [-0.3, -0.25) is 37.3 Å². The number of carbonyl (C=O) groups excluding carboxylic acids is 4. The zero-order valence-corrected chi connectivity index (χ0v) is 66.2. The molecule has 3 unspecified atom stereocenters. The number of unbranched alkanes of at least 4 members (excludes halogenated alkanes) is 41. The topological polar surface area (TPSA) is 237 Å². The lowest BCUT2D eigenvalue weighted by Crippen LogP contribution is -2.30. The van der Waals surface area contributed by atoms with E-state index in [4.69, 9.17) is 37.0 Å². The summed E-state index contributed by atoms with van der Waals surface area (Å²) in [5, 5.41) is 10.6. The van der Waals surface area contributed by atoms with Crippen molar-refractivity contribution < 1.29 is 80.2 Å². The molecule has 0 aromatic rings. The highest BCUT2D eigenvalue weighted by atomic mass is 31.2. The van der Waals surface area contributed by atoms with Crippen LogP contribution in [0.3, 0.4) is 0 Å². The van der Waals surface area contributed by atoms with E-state index in [9.17, 15) is 43.2 Å². The van der Waals surface area contributed by atoms with E-state index in [1.807, 2.05) is 0 Å². The first-order valence-corrected chi connectivity index (χ1v) is 43.7. The van der Waals surface area contributed by atoms with Crippen LogP contribution in [0, 0.1) is 17.8 Å². The summed E-state index contributed by atoms with van der Waals surface area (Å²) in [7, 11) is -9.93. The third kappa shape index (κ3) is 73.6. The summed E-state index contributed by atoms with van der Waals surface area (Å²) >= 11 is 0. The second kappa shape index (κ2) is 69.9. The zero-order chi connectivity index (χ0) is 73.0. The van der Waals surface area contributed by atoms with Crippen LogP contribution in [0.5, 0.6) is 0 Å². The number of phosphoric acid groups is 2. The Hall–Kier alpha value is -2.46. The van der Waals surface area contributed by atoms with E-state index in [2.05, 4.69) is 72.8 Å². The predicted octanol–water partition coefficient (Wildman–Crippen LogP) is 23.3. The van der Waals surface area contributed by atoms with Crippen LogP contribution in [-0.4, -0.2) is 96.7 Å². The van der Waals surface area contributed by atoms with Crippen LogP contribution >= 0.6 is 15.6 Å². The Morgan fingerprint density at radius 3 is 0.818 bits per heavy atom. The van der Waals surface area contributed by atoms with Gasteiger partial charge in [0.25, 0.3) is 0 Å². The Morgan fingerprint density at radius 1 is 0.313 bits per heavy atom. The molecule has 584 valence electrons. The molecular formula is C80H152O17P2. The van der Waals surface area contributed by atoms with Gasteiger partial charge in [-0.15, -0.1) is 0 Å². The number of esters is 4. The fourth-order valence-corrected chi connectivity index (χ4v) is 13.3. The molecule has 0 spiro atoms. The van der Waals surface area contributed by atoms with Crippen LogP contribution in [0.1, 0.15) is 389 Å². The number of hydrogen-bond donors (Lipinski definition) is 3. The average molecular weight is 1450 g/mol. The molecule has 99 heavy (non-hydrogen) atoms. The highest BCUT2D eigenvalue weighted by Crippen LogP contribution is 2.45. The van der Waals surface area contributed by atoms with Crippen molar-refractivity contribution in [3.8, 4) is 0 Å². The van der Waals surface area contributed by atoms with Crippen LogP contribution in [0.2, 0.25) is 0 Å². The molecule has 3 N–H and O–H groups in total. The lowest BCUT2D eigenvalue weighted by molar-refractivity contribution is -0.161. The van der Waals surface area contributed by atoms with Crippen molar-refractivity contribution in [3.05, 3.63) is 24.3 Å². The second-order valence-corrected chi connectivity index (χ2v) is 32.5. The zero-order valence-electron chi connectivity index (χ0n) is 64.4. The minimum Gasteiger partial charge on any atom is -0.462 e. The van der Waals surface area contributed by atoms with Crippen LogP contribution in [0.15, 0.2) is 24.3 Å². The van der Waals surface area contributed by atoms with Crippen LogP contribution in [0.25, 0.3) is 0 Å². The Balaban J connectivity index is 5.24. The number of aliphatic hydroxyl groups excluding tert-OH is 1. The average Bonchev–Trinajstić information content (AvgIpc) is 3.72. The first-order chi connectivity index (χ1) is 47.7. The van der Waals surface area contributed by atoms with Crippen molar-refractivity contribution >= 4 is 39.5 Å². The van der Waals surface area contributed by atoms with E-state index >= 15 is 0 Å². The molecule has 0 aromatic heterocycles. The molecule has 0 saturated heterocycles. The lowest BCUT2D eigenvalue weighted by atomic mass is 10.0. The van der Waals surface area contributed by atoms with E-state index in [0.717, 1.165) is 121 Å². The van der Waals surface area contributed by atoms with E-state index in [1.54, 1.807) is 0 Å². The first-order valence-electron chi connectivity index (χ1n) is 40.7. The number of carbonyl (C=O) groups is 4. The maximum absolute atomic E-state index is 13.1. The van der Waals surface area contributed by atoms with Gasteiger partial charge in [-0.25, -0.2) is 9.13 Å². The summed E-state index contributed by atoms with van der Waals surface area (Å²) in [5.41, 5.74) is 0. The normalized spacial score (nSPS) is 14.2. The molecule has 0 aliphatic heterocycles. The monoisotopic (exact) mass is 1450 g/mol. The number of ether oxygens (including phenoxy) is 4. The molecule has 0 heterocycles. The molecular weight excluding hydrogens is 1290 g/mol. The van der Waals surface area contributed by atoms with Gasteiger partial charge in [-0.1, -0.05) is 336 Å². The van der Waals surface area contributed by atoms with E-state index < -0.39 is 97.5 Å². The Bertz CT molecular complexity index is 2020. The Labute approximate surface area is 605 Å². The maximum Gasteiger partial charge on any atom is 0.472 e. The summed E-state index contributed by atoms with van der Waals surface area (Å²) in [4.78, 5) is 72.9. The van der Waals surface area contributed by atoms with E-state index in [0.29, 0.717) is 31.6 Å². The standard InChI is InChI=1S/C80H152O17P2/c1-8-9-10-11-12-13-14-15-20-25-28-34-41-49-56-63-79(84)96-75(67-90-77(82)61-54-47-40-33-27-24-22-19-17-16-18-21-23-26-31-37-44-51-58-71(2)3)69-94-98(86,87)92-65-74(81)66-93-99(88,89)95-70-76(68-91-78(83)62-55-48-43-36-39-46-53-60-73(6)7)97-80(85)64-57-50-42-35-30-29-32-38-45-52-59-72(4)5/h13-15,20,71-76,81H,8-12,16-19,21-70H2,1-7H3,(H,86,87)(H,88,89)/b14-13-,20-15-/t74?,75-,76-/m1/s1. The lowest BCUT2D eigenvalue weighted by Gasteiger charge is -2.21. The highest BCUT2D eigenvalue weighted by molar-refractivity contribution is 7.47. The maximum atomic E-state index is 13.1. The molecule has 0 aromatic carbocycles. The molecule has 0 bridgehead atoms. The van der Waals surface area contributed by atoms with Crippen molar-refractivity contribution in [2.45, 2.75) is 407 Å². The Morgan fingerprint density at radius 2 is 0.545 bits per heavy atom. The summed E-state index contributed by atoms with van der Waals surface area (Å²) < 4.78 is 68.6. The van der Waals surface area contributed by atoms with Gasteiger partial charge in [0.2, 0.25) is 0 Å². The first kappa shape index (κ1) is 96.5. The third-order valence-electron chi connectivity index (χ3n) is 18.0. The third-order valence-corrected chi connectivity index (χ3v) is 19.9. The molecule has 0 amide bonds. The number of rotatable bonds is 76. The van der Waals surface area contributed by atoms with Gasteiger partial charge in [0, 0.05) is 25.7 Å². The minimum atomic E-state index is -4.97. The van der Waals surface area contributed by atoms with E-state index in [-0.39, 0.29) is 25.7 Å². The number of allylic oxidation sites excluding steroid dienone is 4. The van der Waals surface area contributed by atoms with Crippen LogP contribution in [0.4, 0.5) is 0 Å². The molecule has 0 radical (unpaired) electrons. The largest absolute Gasteiger partial charge is 0.472 e. The van der Waals surface area contributed by atoms with Gasteiger partial charge < -0.3 is 33.8 Å². The second-order valence-electron chi connectivity index (χ2n) is 29.5. The molecule has 0 fully saturated rings. The number of hydrogen-bond acceptors (Lipinski definition) is 15. The Kier molecular flexibility index (Phi) is 68.1. The summed E-state index contributed by atoms with van der Waals surface area (Å²) in [6.45, 7) is 11.8. The molecule has 17 nitrogen and oxygen atoms in total. The van der Waals surface area contributed by atoms with E-state index in [1.165, 1.54) is 180 Å². The predicted molar refractivity (Wildman–Crippen MR) is 404 cm³/mol. The number of phosphoric ester groups is 2. The van der Waals surface area contributed by atoms with Gasteiger partial charge in [-0.05, 0) is 69.1 Å².